The molecule has 1 aromatic carbocycles. The second-order valence-electron chi connectivity index (χ2n) is 4.82. The molecule has 20 heavy (non-hydrogen) atoms. The molecule has 0 atom stereocenters. The number of halogens is 2. The SMILES string of the molecule is COc1cc(NC(=O)C2(C#N)CCCC2)c(Br)cc1Br. The van der Waals surface area contributed by atoms with Gasteiger partial charge in [-0.1, -0.05) is 12.8 Å². The van der Waals surface area contributed by atoms with Gasteiger partial charge in [-0.2, -0.15) is 5.26 Å². The van der Waals surface area contributed by atoms with Crippen molar-refractivity contribution in [1.29, 1.82) is 5.26 Å². The highest BCUT2D eigenvalue weighted by Gasteiger charge is 2.41. The van der Waals surface area contributed by atoms with Crippen molar-refractivity contribution in [2.45, 2.75) is 25.7 Å². The number of nitriles is 1. The highest BCUT2D eigenvalue weighted by Crippen LogP contribution is 2.40. The van der Waals surface area contributed by atoms with Gasteiger partial charge in [-0.15, -0.1) is 0 Å². The first kappa shape index (κ1) is 15.3. The van der Waals surface area contributed by atoms with Crippen LogP contribution in [0.1, 0.15) is 25.7 Å². The number of hydrogen-bond donors (Lipinski definition) is 1. The van der Waals surface area contributed by atoms with E-state index < -0.39 is 5.41 Å². The van der Waals surface area contributed by atoms with Crippen molar-refractivity contribution in [2.75, 3.05) is 12.4 Å². The fourth-order valence-electron chi connectivity index (χ4n) is 2.39. The highest BCUT2D eigenvalue weighted by atomic mass is 79.9. The lowest BCUT2D eigenvalue weighted by molar-refractivity contribution is -0.122. The first-order chi connectivity index (χ1) is 9.52. The van der Waals surface area contributed by atoms with Gasteiger partial charge in [0.1, 0.15) is 11.2 Å². The van der Waals surface area contributed by atoms with Gasteiger partial charge in [-0.05, 0) is 50.8 Å². The van der Waals surface area contributed by atoms with E-state index in [1.807, 2.05) is 6.07 Å². The van der Waals surface area contributed by atoms with Gasteiger partial charge in [0.05, 0.1) is 23.3 Å². The van der Waals surface area contributed by atoms with E-state index in [0.717, 1.165) is 21.8 Å². The molecule has 0 saturated heterocycles. The molecule has 1 aliphatic carbocycles. The molecule has 1 fully saturated rings. The molecule has 0 aromatic heterocycles. The Morgan fingerprint density at radius 1 is 1.35 bits per heavy atom. The molecule has 1 amide bonds. The van der Waals surface area contributed by atoms with Crippen molar-refractivity contribution in [3.05, 3.63) is 21.1 Å². The summed E-state index contributed by atoms with van der Waals surface area (Å²) in [6.07, 6.45) is 3.10. The van der Waals surface area contributed by atoms with Gasteiger partial charge in [-0.3, -0.25) is 4.79 Å². The van der Waals surface area contributed by atoms with E-state index in [1.165, 1.54) is 0 Å². The second-order valence-corrected chi connectivity index (χ2v) is 6.53. The first-order valence-electron chi connectivity index (χ1n) is 6.28. The number of hydrogen-bond acceptors (Lipinski definition) is 3. The minimum atomic E-state index is -0.889. The van der Waals surface area contributed by atoms with E-state index in [2.05, 4.69) is 43.2 Å². The van der Waals surface area contributed by atoms with E-state index in [4.69, 9.17) is 4.74 Å². The highest BCUT2D eigenvalue weighted by molar-refractivity contribution is 9.11. The normalized spacial score (nSPS) is 16.5. The van der Waals surface area contributed by atoms with E-state index in [-0.39, 0.29) is 5.91 Å². The van der Waals surface area contributed by atoms with Crippen LogP contribution in [0.3, 0.4) is 0 Å². The second kappa shape index (κ2) is 6.15. The molecule has 0 spiro atoms. The summed E-state index contributed by atoms with van der Waals surface area (Å²) < 4.78 is 6.75. The fraction of sp³-hybridized carbons (Fsp3) is 0.429. The molecule has 4 nitrogen and oxygen atoms in total. The maximum Gasteiger partial charge on any atom is 0.244 e. The molecule has 106 valence electrons. The lowest BCUT2D eigenvalue weighted by Crippen LogP contribution is -2.32. The summed E-state index contributed by atoms with van der Waals surface area (Å²) in [6, 6.07) is 5.72. The average molecular weight is 402 g/mol. The summed E-state index contributed by atoms with van der Waals surface area (Å²) in [4.78, 5) is 12.4. The van der Waals surface area contributed by atoms with Crippen LogP contribution < -0.4 is 10.1 Å². The summed E-state index contributed by atoms with van der Waals surface area (Å²) in [5.74, 6) is 0.392. The maximum atomic E-state index is 12.4. The number of methoxy groups -OCH3 is 1. The number of anilines is 1. The molecule has 0 radical (unpaired) electrons. The number of amides is 1. The third kappa shape index (κ3) is 2.84. The summed E-state index contributed by atoms with van der Waals surface area (Å²) in [5, 5.41) is 12.2. The standard InChI is InChI=1S/C14H14Br2N2O2/c1-20-12-7-11(9(15)6-10(12)16)18-13(19)14(8-17)4-2-3-5-14/h6-7H,2-5H2,1H3,(H,18,19). The van der Waals surface area contributed by atoms with Gasteiger partial charge in [-0.25, -0.2) is 0 Å². The largest absolute Gasteiger partial charge is 0.495 e. The molecule has 0 aliphatic heterocycles. The molecule has 1 N–H and O–H groups in total. The smallest absolute Gasteiger partial charge is 0.244 e. The van der Waals surface area contributed by atoms with Gasteiger partial charge >= 0.3 is 0 Å². The van der Waals surface area contributed by atoms with Gasteiger partial charge in [0.15, 0.2) is 0 Å². The molecule has 1 aromatic rings. The molecular weight excluding hydrogens is 388 g/mol. The number of benzene rings is 1. The monoisotopic (exact) mass is 400 g/mol. The van der Waals surface area contributed by atoms with Gasteiger partial charge in [0, 0.05) is 10.5 Å². The summed E-state index contributed by atoms with van der Waals surface area (Å²) >= 11 is 6.78. The predicted molar refractivity (Wildman–Crippen MR) is 83.5 cm³/mol. The van der Waals surface area contributed by atoms with Crippen molar-refractivity contribution in [3.8, 4) is 11.8 Å². The van der Waals surface area contributed by atoms with Gasteiger partial charge in [0.2, 0.25) is 5.91 Å². The van der Waals surface area contributed by atoms with Gasteiger partial charge in [0.25, 0.3) is 0 Å². The van der Waals surface area contributed by atoms with Crippen molar-refractivity contribution >= 4 is 43.5 Å². The van der Waals surface area contributed by atoms with Crippen LogP contribution in [0.25, 0.3) is 0 Å². The number of ether oxygens (including phenoxy) is 1. The van der Waals surface area contributed by atoms with E-state index >= 15 is 0 Å². The molecule has 0 bridgehead atoms. The van der Waals surface area contributed by atoms with Crippen molar-refractivity contribution in [3.63, 3.8) is 0 Å². The Hall–Kier alpha value is -1.06. The quantitative estimate of drug-likeness (QED) is 0.823. The Balaban J connectivity index is 2.26. The molecular formula is C14H14Br2N2O2. The van der Waals surface area contributed by atoms with Crippen LogP contribution in [0.2, 0.25) is 0 Å². The van der Waals surface area contributed by atoms with E-state index in [1.54, 1.807) is 13.2 Å². The van der Waals surface area contributed by atoms with Crippen LogP contribution >= 0.6 is 31.9 Å². The first-order valence-corrected chi connectivity index (χ1v) is 7.87. The topological polar surface area (TPSA) is 62.1 Å². The molecule has 1 saturated carbocycles. The fourth-order valence-corrected chi connectivity index (χ4v) is 3.65. The van der Waals surface area contributed by atoms with Crippen molar-refractivity contribution in [1.82, 2.24) is 0 Å². The zero-order chi connectivity index (χ0) is 14.8. The summed E-state index contributed by atoms with van der Waals surface area (Å²) in [6.45, 7) is 0. The average Bonchev–Trinajstić information content (AvgIpc) is 2.91. The third-order valence-corrected chi connectivity index (χ3v) is 4.87. The summed E-state index contributed by atoms with van der Waals surface area (Å²) in [5.41, 5.74) is -0.281. The van der Waals surface area contributed by atoms with E-state index in [9.17, 15) is 10.1 Å². The number of rotatable bonds is 3. The number of nitrogens with zero attached hydrogens (tertiary/aromatic N) is 1. The van der Waals surface area contributed by atoms with Crippen LogP contribution in [0.15, 0.2) is 21.1 Å². The van der Waals surface area contributed by atoms with Crippen LogP contribution in [0.4, 0.5) is 5.69 Å². The van der Waals surface area contributed by atoms with Crippen LogP contribution in [-0.4, -0.2) is 13.0 Å². The van der Waals surface area contributed by atoms with Crippen molar-refractivity contribution < 1.29 is 9.53 Å². The Bertz CT molecular complexity index is 575. The molecule has 6 heteroatoms. The Morgan fingerprint density at radius 2 is 2.00 bits per heavy atom. The lowest BCUT2D eigenvalue weighted by atomic mass is 9.87. The molecule has 0 heterocycles. The zero-order valence-corrected chi connectivity index (χ0v) is 14.2. The number of nitrogens with one attached hydrogen (secondary N) is 1. The van der Waals surface area contributed by atoms with Crippen LogP contribution in [-0.2, 0) is 4.79 Å². The minimum Gasteiger partial charge on any atom is -0.495 e. The van der Waals surface area contributed by atoms with Crippen LogP contribution in [0.5, 0.6) is 5.75 Å². The Labute approximate surface area is 134 Å². The van der Waals surface area contributed by atoms with E-state index in [0.29, 0.717) is 24.3 Å². The molecule has 1 aliphatic rings. The van der Waals surface area contributed by atoms with Crippen LogP contribution in [0, 0.1) is 16.7 Å². The number of carbonyl (C=O) groups is 1. The lowest BCUT2D eigenvalue weighted by Gasteiger charge is -2.20. The van der Waals surface area contributed by atoms with Gasteiger partial charge < -0.3 is 10.1 Å². The minimum absolute atomic E-state index is 0.234. The Kier molecular flexibility index (Phi) is 4.71. The maximum absolute atomic E-state index is 12.4. The molecule has 0 unspecified atom stereocenters. The third-order valence-electron chi connectivity index (χ3n) is 3.60. The van der Waals surface area contributed by atoms with Crippen molar-refractivity contribution in [2.24, 2.45) is 5.41 Å². The Morgan fingerprint density at radius 3 is 2.55 bits per heavy atom. The summed E-state index contributed by atoms with van der Waals surface area (Å²) in [7, 11) is 1.56. The molecule has 2 rings (SSSR count). The zero-order valence-electron chi connectivity index (χ0n) is 11.0. The predicted octanol–water partition coefficient (Wildman–Crippen LogP) is 4.24. The number of carbonyl (C=O) groups excluding carboxylic acids is 1.